The van der Waals surface area contributed by atoms with E-state index in [1.807, 2.05) is 0 Å². The van der Waals surface area contributed by atoms with Crippen LogP contribution in [0.25, 0.3) is 0 Å². The number of rotatable bonds is 3. The molecule has 0 spiro atoms. The maximum Gasteiger partial charge on any atom is 0.0262 e. The maximum atomic E-state index is 3.55. The second kappa shape index (κ2) is 5.96. The Morgan fingerprint density at radius 1 is 1.12 bits per heavy atom. The van der Waals surface area contributed by atoms with Gasteiger partial charge in [-0.05, 0) is 33.0 Å². The highest BCUT2D eigenvalue weighted by atomic mass is 15.2. The summed E-state index contributed by atoms with van der Waals surface area (Å²) in [6.07, 6.45) is 1.33. The molecule has 0 amide bonds. The van der Waals surface area contributed by atoms with Crippen LogP contribution in [-0.2, 0) is 0 Å². The average molecular weight is 226 g/mol. The van der Waals surface area contributed by atoms with E-state index < -0.39 is 0 Å². The van der Waals surface area contributed by atoms with Crippen molar-refractivity contribution in [2.24, 2.45) is 5.92 Å². The molecule has 2 rings (SSSR count). The minimum absolute atomic E-state index is 0.748. The SMILES string of the molecule is CN(C)CC1CCNCC1N1CCNCC1. The van der Waals surface area contributed by atoms with Gasteiger partial charge in [0, 0.05) is 45.3 Å². The van der Waals surface area contributed by atoms with Crippen LogP contribution in [0.2, 0.25) is 0 Å². The molecule has 0 aromatic rings. The molecule has 2 saturated heterocycles. The minimum atomic E-state index is 0.748. The summed E-state index contributed by atoms with van der Waals surface area (Å²) < 4.78 is 0. The van der Waals surface area contributed by atoms with Crippen molar-refractivity contribution in [3.8, 4) is 0 Å². The summed E-state index contributed by atoms with van der Waals surface area (Å²) >= 11 is 0. The fourth-order valence-electron chi connectivity index (χ4n) is 3.02. The van der Waals surface area contributed by atoms with Crippen molar-refractivity contribution >= 4 is 0 Å². The number of piperazine rings is 1. The van der Waals surface area contributed by atoms with Crippen LogP contribution < -0.4 is 10.6 Å². The first-order valence-electron chi connectivity index (χ1n) is 6.57. The van der Waals surface area contributed by atoms with Crippen LogP contribution in [0.15, 0.2) is 0 Å². The van der Waals surface area contributed by atoms with E-state index in [2.05, 4.69) is 34.5 Å². The van der Waals surface area contributed by atoms with Gasteiger partial charge in [-0.1, -0.05) is 0 Å². The number of nitrogens with one attached hydrogen (secondary N) is 2. The van der Waals surface area contributed by atoms with Crippen LogP contribution in [-0.4, -0.2) is 75.8 Å². The Bertz CT molecular complexity index is 201. The first kappa shape index (κ1) is 12.3. The van der Waals surface area contributed by atoms with Gasteiger partial charge in [0.05, 0.1) is 0 Å². The van der Waals surface area contributed by atoms with E-state index in [9.17, 15) is 0 Å². The van der Waals surface area contributed by atoms with Crippen molar-refractivity contribution < 1.29 is 0 Å². The summed E-state index contributed by atoms with van der Waals surface area (Å²) in [6.45, 7) is 8.36. The predicted molar refractivity (Wildman–Crippen MR) is 67.8 cm³/mol. The van der Waals surface area contributed by atoms with E-state index in [0.29, 0.717) is 0 Å². The van der Waals surface area contributed by atoms with Gasteiger partial charge in [-0.3, -0.25) is 4.90 Å². The van der Waals surface area contributed by atoms with Gasteiger partial charge < -0.3 is 15.5 Å². The first-order valence-corrected chi connectivity index (χ1v) is 6.57. The van der Waals surface area contributed by atoms with E-state index in [1.54, 1.807) is 0 Å². The van der Waals surface area contributed by atoms with E-state index in [4.69, 9.17) is 0 Å². The van der Waals surface area contributed by atoms with Crippen LogP contribution in [0.1, 0.15) is 6.42 Å². The van der Waals surface area contributed by atoms with Crippen LogP contribution in [0.3, 0.4) is 0 Å². The minimum Gasteiger partial charge on any atom is -0.315 e. The molecule has 94 valence electrons. The Labute approximate surface area is 99.4 Å². The second-order valence-electron chi connectivity index (χ2n) is 5.37. The molecule has 0 saturated carbocycles. The van der Waals surface area contributed by atoms with Gasteiger partial charge in [0.25, 0.3) is 0 Å². The largest absolute Gasteiger partial charge is 0.315 e. The van der Waals surface area contributed by atoms with Crippen molar-refractivity contribution in [2.45, 2.75) is 12.5 Å². The van der Waals surface area contributed by atoms with Crippen LogP contribution >= 0.6 is 0 Å². The van der Waals surface area contributed by atoms with Crippen LogP contribution in [0.4, 0.5) is 0 Å². The van der Waals surface area contributed by atoms with Crippen LogP contribution in [0.5, 0.6) is 0 Å². The Hall–Kier alpha value is -0.160. The maximum absolute atomic E-state index is 3.55. The molecule has 2 heterocycles. The van der Waals surface area contributed by atoms with Crippen molar-refractivity contribution in [1.82, 2.24) is 20.4 Å². The molecule has 0 aromatic carbocycles. The first-order chi connectivity index (χ1) is 7.77. The number of hydrogen-bond acceptors (Lipinski definition) is 4. The van der Waals surface area contributed by atoms with E-state index in [0.717, 1.165) is 25.0 Å². The Morgan fingerprint density at radius 2 is 1.88 bits per heavy atom. The topological polar surface area (TPSA) is 30.5 Å². The van der Waals surface area contributed by atoms with E-state index in [1.165, 1.54) is 39.1 Å². The quantitative estimate of drug-likeness (QED) is 0.675. The van der Waals surface area contributed by atoms with Gasteiger partial charge in [-0.2, -0.15) is 0 Å². The molecule has 2 atom stereocenters. The highest BCUT2D eigenvalue weighted by molar-refractivity contribution is 4.88. The molecule has 2 aliphatic rings. The molecule has 2 aliphatic heterocycles. The summed E-state index contributed by atoms with van der Waals surface area (Å²) in [7, 11) is 4.38. The Balaban J connectivity index is 1.92. The normalized spacial score (nSPS) is 33.2. The third-order valence-electron chi connectivity index (χ3n) is 3.81. The molecule has 4 nitrogen and oxygen atoms in total. The molecule has 0 bridgehead atoms. The summed E-state index contributed by atoms with van der Waals surface area (Å²) in [5.74, 6) is 0.842. The monoisotopic (exact) mass is 226 g/mol. The molecule has 4 heteroatoms. The molecule has 2 N–H and O–H groups in total. The van der Waals surface area contributed by atoms with Crippen LogP contribution in [0, 0.1) is 5.92 Å². The molecule has 0 aliphatic carbocycles. The van der Waals surface area contributed by atoms with Gasteiger partial charge in [0.1, 0.15) is 0 Å². The standard InChI is InChI=1S/C12H26N4/c1-15(2)10-11-3-4-14-9-12(11)16-7-5-13-6-8-16/h11-14H,3-10H2,1-2H3. The molecule has 2 fully saturated rings. The van der Waals surface area contributed by atoms with Gasteiger partial charge in [0.2, 0.25) is 0 Å². The van der Waals surface area contributed by atoms with Crippen molar-refractivity contribution in [3.63, 3.8) is 0 Å². The second-order valence-corrected chi connectivity index (χ2v) is 5.37. The lowest BCUT2D eigenvalue weighted by molar-refractivity contribution is 0.0864. The zero-order valence-electron chi connectivity index (χ0n) is 10.7. The molecule has 16 heavy (non-hydrogen) atoms. The highest BCUT2D eigenvalue weighted by Crippen LogP contribution is 2.19. The summed E-state index contributed by atoms with van der Waals surface area (Å²) in [5.41, 5.74) is 0. The lowest BCUT2D eigenvalue weighted by Gasteiger charge is -2.43. The average Bonchev–Trinajstić information content (AvgIpc) is 2.30. The summed E-state index contributed by atoms with van der Waals surface area (Å²) in [6, 6.07) is 0.748. The lowest BCUT2D eigenvalue weighted by Crippen LogP contribution is -2.58. The van der Waals surface area contributed by atoms with Crippen molar-refractivity contribution in [2.75, 3.05) is 59.9 Å². The number of piperidine rings is 1. The Morgan fingerprint density at radius 3 is 2.56 bits per heavy atom. The zero-order valence-corrected chi connectivity index (χ0v) is 10.7. The smallest absolute Gasteiger partial charge is 0.0262 e. The molecule has 2 unspecified atom stereocenters. The highest BCUT2D eigenvalue weighted by Gasteiger charge is 2.30. The summed E-state index contributed by atoms with van der Waals surface area (Å²) in [4.78, 5) is 5.02. The van der Waals surface area contributed by atoms with E-state index >= 15 is 0 Å². The van der Waals surface area contributed by atoms with Gasteiger partial charge in [-0.25, -0.2) is 0 Å². The number of hydrogen-bond donors (Lipinski definition) is 2. The van der Waals surface area contributed by atoms with E-state index in [-0.39, 0.29) is 0 Å². The summed E-state index contributed by atoms with van der Waals surface area (Å²) in [5, 5.41) is 6.99. The number of nitrogens with zero attached hydrogens (tertiary/aromatic N) is 2. The molecule has 0 radical (unpaired) electrons. The molecular formula is C12H26N4. The Kier molecular flexibility index (Phi) is 4.58. The lowest BCUT2D eigenvalue weighted by atomic mass is 9.90. The van der Waals surface area contributed by atoms with Gasteiger partial charge >= 0.3 is 0 Å². The third-order valence-corrected chi connectivity index (χ3v) is 3.81. The van der Waals surface area contributed by atoms with Gasteiger partial charge in [-0.15, -0.1) is 0 Å². The molecular weight excluding hydrogens is 200 g/mol. The molecule has 0 aromatic heterocycles. The van der Waals surface area contributed by atoms with Gasteiger partial charge in [0.15, 0.2) is 0 Å². The van der Waals surface area contributed by atoms with Crippen molar-refractivity contribution in [1.29, 1.82) is 0 Å². The fourth-order valence-corrected chi connectivity index (χ4v) is 3.02. The fraction of sp³-hybridized carbons (Fsp3) is 1.00. The predicted octanol–water partition coefficient (Wildman–Crippen LogP) is -0.569. The third kappa shape index (κ3) is 3.17. The van der Waals surface area contributed by atoms with Crippen molar-refractivity contribution in [3.05, 3.63) is 0 Å². The zero-order chi connectivity index (χ0) is 11.4.